The highest BCUT2D eigenvalue weighted by molar-refractivity contribution is 9.10. The highest BCUT2D eigenvalue weighted by Gasteiger charge is 2.17. The molecule has 0 aliphatic rings. The zero-order chi connectivity index (χ0) is 16.8. The van der Waals surface area contributed by atoms with Crippen molar-refractivity contribution in [3.63, 3.8) is 0 Å². The van der Waals surface area contributed by atoms with Gasteiger partial charge in [-0.15, -0.1) is 0 Å². The van der Waals surface area contributed by atoms with Crippen molar-refractivity contribution in [1.29, 1.82) is 0 Å². The summed E-state index contributed by atoms with van der Waals surface area (Å²) in [6, 6.07) is 19.6. The molecule has 0 saturated heterocycles. The van der Waals surface area contributed by atoms with E-state index >= 15 is 0 Å². The van der Waals surface area contributed by atoms with Crippen LogP contribution in [0.25, 0.3) is 32.9 Å². The van der Waals surface area contributed by atoms with Gasteiger partial charge in [0.2, 0.25) is 0 Å². The van der Waals surface area contributed by atoms with Gasteiger partial charge in [-0.3, -0.25) is 0 Å². The summed E-state index contributed by atoms with van der Waals surface area (Å²) in [5, 5.41) is 11.8. The molecule has 0 bridgehead atoms. The lowest BCUT2D eigenvalue weighted by molar-refractivity contribution is 0.0697. The van der Waals surface area contributed by atoms with Gasteiger partial charge >= 0.3 is 5.97 Å². The Balaban J connectivity index is 2.17. The Morgan fingerprint density at radius 3 is 2.50 bits per heavy atom. The Morgan fingerprint density at radius 2 is 1.71 bits per heavy atom. The third kappa shape index (κ3) is 2.14. The topological polar surface area (TPSA) is 42.2 Å². The van der Waals surface area contributed by atoms with Crippen molar-refractivity contribution < 1.29 is 9.90 Å². The summed E-state index contributed by atoms with van der Waals surface area (Å²) in [6.45, 7) is 0. The van der Waals surface area contributed by atoms with Crippen LogP contribution in [-0.2, 0) is 7.05 Å². The van der Waals surface area contributed by atoms with Gasteiger partial charge in [-0.1, -0.05) is 52.3 Å². The van der Waals surface area contributed by atoms with Gasteiger partial charge < -0.3 is 9.67 Å². The predicted molar refractivity (Wildman–Crippen MR) is 101 cm³/mol. The minimum atomic E-state index is -0.927. The number of carbonyl (C=O) groups is 1. The van der Waals surface area contributed by atoms with Crippen LogP contribution in [0.3, 0.4) is 0 Å². The lowest BCUT2D eigenvalue weighted by Crippen LogP contribution is -1.99. The SMILES string of the molecule is Cn1c2ccccc2c2c(-c3ccc(Br)cc3C(=O)O)cccc21. The lowest BCUT2D eigenvalue weighted by Gasteiger charge is -2.09. The summed E-state index contributed by atoms with van der Waals surface area (Å²) >= 11 is 3.36. The average molecular weight is 380 g/mol. The van der Waals surface area contributed by atoms with E-state index in [0.717, 1.165) is 37.4 Å². The summed E-state index contributed by atoms with van der Waals surface area (Å²) in [7, 11) is 2.04. The molecule has 0 unspecified atom stereocenters. The first-order chi connectivity index (χ1) is 11.6. The Labute approximate surface area is 147 Å². The van der Waals surface area contributed by atoms with Gasteiger partial charge in [0, 0.05) is 33.3 Å². The summed E-state index contributed by atoms with van der Waals surface area (Å²) in [4.78, 5) is 11.7. The van der Waals surface area contributed by atoms with Crippen molar-refractivity contribution in [3.05, 3.63) is 70.7 Å². The minimum Gasteiger partial charge on any atom is -0.478 e. The smallest absolute Gasteiger partial charge is 0.336 e. The van der Waals surface area contributed by atoms with Crippen molar-refractivity contribution in [1.82, 2.24) is 4.57 Å². The maximum absolute atomic E-state index is 11.7. The number of para-hydroxylation sites is 1. The molecule has 0 fully saturated rings. The number of aromatic nitrogens is 1. The number of nitrogens with zero attached hydrogens (tertiary/aromatic N) is 1. The zero-order valence-corrected chi connectivity index (χ0v) is 14.5. The Morgan fingerprint density at radius 1 is 0.958 bits per heavy atom. The van der Waals surface area contributed by atoms with Gasteiger partial charge in [0.1, 0.15) is 0 Å². The fourth-order valence-corrected chi connectivity index (χ4v) is 3.72. The molecule has 1 N–H and O–H groups in total. The number of aryl methyl sites for hydroxylation is 1. The second-order valence-electron chi connectivity index (χ2n) is 5.77. The van der Waals surface area contributed by atoms with Crippen molar-refractivity contribution >= 4 is 43.7 Å². The second kappa shape index (κ2) is 5.49. The van der Waals surface area contributed by atoms with E-state index in [4.69, 9.17) is 0 Å². The monoisotopic (exact) mass is 379 g/mol. The van der Waals surface area contributed by atoms with Crippen LogP contribution in [-0.4, -0.2) is 15.6 Å². The van der Waals surface area contributed by atoms with Gasteiger partial charge in [0.15, 0.2) is 0 Å². The van der Waals surface area contributed by atoms with Crippen molar-refractivity contribution in [2.45, 2.75) is 0 Å². The number of hydrogen-bond acceptors (Lipinski definition) is 1. The molecule has 4 heteroatoms. The third-order valence-corrected chi connectivity index (χ3v) is 4.93. The van der Waals surface area contributed by atoms with Crippen LogP contribution < -0.4 is 0 Å². The average Bonchev–Trinajstić information content (AvgIpc) is 2.88. The molecule has 3 aromatic carbocycles. The highest BCUT2D eigenvalue weighted by atomic mass is 79.9. The molecule has 0 spiro atoms. The van der Waals surface area contributed by atoms with E-state index in [-0.39, 0.29) is 0 Å². The quantitative estimate of drug-likeness (QED) is 0.502. The van der Waals surface area contributed by atoms with Crippen LogP contribution in [0.4, 0.5) is 0 Å². The minimum absolute atomic E-state index is 0.296. The number of benzene rings is 3. The van der Waals surface area contributed by atoms with Gasteiger partial charge in [-0.2, -0.15) is 0 Å². The van der Waals surface area contributed by atoms with E-state index < -0.39 is 5.97 Å². The first-order valence-corrected chi connectivity index (χ1v) is 8.36. The molecular formula is C20H14BrNO2. The third-order valence-electron chi connectivity index (χ3n) is 4.44. The first-order valence-electron chi connectivity index (χ1n) is 7.57. The van der Waals surface area contributed by atoms with Crippen LogP contribution >= 0.6 is 15.9 Å². The molecule has 0 saturated carbocycles. The Bertz CT molecular complexity index is 1110. The molecule has 1 heterocycles. The summed E-state index contributed by atoms with van der Waals surface area (Å²) in [5.41, 5.74) is 4.19. The van der Waals surface area contributed by atoms with Crippen LogP contribution in [0.2, 0.25) is 0 Å². The number of fused-ring (bicyclic) bond motifs is 3. The number of carboxylic acid groups (broad SMARTS) is 1. The van der Waals surface area contributed by atoms with E-state index in [1.807, 2.05) is 43.4 Å². The summed E-state index contributed by atoms with van der Waals surface area (Å²) in [5.74, 6) is -0.927. The largest absolute Gasteiger partial charge is 0.478 e. The molecule has 1 aromatic heterocycles. The van der Waals surface area contributed by atoms with E-state index in [2.05, 4.69) is 38.7 Å². The van der Waals surface area contributed by atoms with E-state index in [1.54, 1.807) is 6.07 Å². The van der Waals surface area contributed by atoms with Crippen LogP contribution in [0, 0.1) is 0 Å². The lowest BCUT2D eigenvalue weighted by atomic mass is 9.95. The molecule has 4 rings (SSSR count). The molecule has 3 nitrogen and oxygen atoms in total. The second-order valence-corrected chi connectivity index (χ2v) is 6.69. The normalized spacial score (nSPS) is 11.2. The predicted octanol–water partition coefficient (Wildman–Crippen LogP) is 5.46. The molecule has 0 radical (unpaired) electrons. The number of hydrogen-bond donors (Lipinski definition) is 1. The number of aromatic carboxylic acids is 1. The molecule has 4 aromatic rings. The van der Waals surface area contributed by atoms with E-state index in [1.165, 1.54) is 0 Å². The van der Waals surface area contributed by atoms with Crippen LogP contribution in [0.1, 0.15) is 10.4 Å². The number of halogens is 1. The van der Waals surface area contributed by atoms with E-state index in [0.29, 0.717) is 5.56 Å². The zero-order valence-electron chi connectivity index (χ0n) is 13.0. The van der Waals surface area contributed by atoms with Gasteiger partial charge in [0.05, 0.1) is 5.56 Å². The molecule has 24 heavy (non-hydrogen) atoms. The summed E-state index contributed by atoms with van der Waals surface area (Å²) < 4.78 is 2.90. The van der Waals surface area contributed by atoms with Gasteiger partial charge in [-0.25, -0.2) is 4.79 Å². The molecule has 0 amide bonds. The number of carboxylic acids is 1. The molecule has 0 aliphatic heterocycles. The molecule has 0 aliphatic carbocycles. The molecule has 0 atom stereocenters. The van der Waals surface area contributed by atoms with Crippen LogP contribution in [0.15, 0.2) is 65.1 Å². The standard InChI is InChI=1S/C20H14BrNO2/c1-22-17-7-3-2-5-15(17)19-14(6-4-8-18(19)22)13-10-9-12(21)11-16(13)20(23)24/h2-11H,1H3,(H,23,24). The Kier molecular flexibility index (Phi) is 3.43. The fourth-order valence-electron chi connectivity index (χ4n) is 3.36. The number of rotatable bonds is 2. The maximum Gasteiger partial charge on any atom is 0.336 e. The molecular weight excluding hydrogens is 366 g/mol. The van der Waals surface area contributed by atoms with Gasteiger partial charge in [-0.05, 0) is 35.4 Å². The van der Waals surface area contributed by atoms with Crippen molar-refractivity contribution in [2.75, 3.05) is 0 Å². The van der Waals surface area contributed by atoms with Gasteiger partial charge in [0.25, 0.3) is 0 Å². The Hall–Kier alpha value is -2.59. The highest BCUT2D eigenvalue weighted by Crippen LogP contribution is 2.37. The van der Waals surface area contributed by atoms with Crippen LogP contribution in [0.5, 0.6) is 0 Å². The van der Waals surface area contributed by atoms with E-state index in [9.17, 15) is 9.90 Å². The van der Waals surface area contributed by atoms with Crippen molar-refractivity contribution in [3.8, 4) is 11.1 Å². The summed E-state index contributed by atoms with van der Waals surface area (Å²) in [6.07, 6.45) is 0. The maximum atomic E-state index is 11.7. The van der Waals surface area contributed by atoms with Crippen molar-refractivity contribution in [2.24, 2.45) is 7.05 Å². The molecule has 118 valence electrons. The fraction of sp³-hybridized carbons (Fsp3) is 0.0500. The first kappa shape index (κ1) is 15.0.